The fraction of sp³-hybridized carbons (Fsp3) is 0.600. The summed E-state index contributed by atoms with van der Waals surface area (Å²) in [5.41, 5.74) is 7.64. The van der Waals surface area contributed by atoms with Crippen LogP contribution >= 0.6 is 0 Å². The van der Waals surface area contributed by atoms with Crippen LogP contribution in [-0.2, 0) is 4.74 Å². The van der Waals surface area contributed by atoms with Crippen LogP contribution in [0.2, 0.25) is 0 Å². The van der Waals surface area contributed by atoms with Crippen LogP contribution < -0.4 is 10.5 Å². The van der Waals surface area contributed by atoms with Gasteiger partial charge in [-0.3, -0.25) is 4.90 Å². The molecular weight excluding hydrogens is 240 g/mol. The highest BCUT2D eigenvalue weighted by Crippen LogP contribution is 2.23. The lowest BCUT2D eigenvalue weighted by atomic mass is 10.2. The van der Waals surface area contributed by atoms with Crippen molar-refractivity contribution in [1.82, 2.24) is 4.90 Å². The highest BCUT2D eigenvalue weighted by Gasteiger charge is 2.22. The molecule has 1 atom stereocenters. The summed E-state index contributed by atoms with van der Waals surface area (Å²) in [6.45, 7) is 9.70. The second kappa shape index (κ2) is 6.26. The van der Waals surface area contributed by atoms with Gasteiger partial charge in [-0.1, -0.05) is 6.07 Å². The molecule has 106 valence electrons. The van der Waals surface area contributed by atoms with E-state index in [0.717, 1.165) is 36.7 Å². The Morgan fingerprint density at radius 2 is 2.26 bits per heavy atom. The second-order valence-corrected chi connectivity index (χ2v) is 5.36. The minimum atomic E-state index is 0.136. The van der Waals surface area contributed by atoms with Crippen LogP contribution in [0.4, 0.5) is 5.69 Å². The van der Waals surface area contributed by atoms with Crippen molar-refractivity contribution in [3.8, 4) is 5.75 Å². The van der Waals surface area contributed by atoms with E-state index in [1.165, 1.54) is 0 Å². The Bertz CT molecular complexity index is 421. The van der Waals surface area contributed by atoms with Crippen molar-refractivity contribution in [2.24, 2.45) is 0 Å². The van der Waals surface area contributed by atoms with Crippen LogP contribution in [0.15, 0.2) is 18.2 Å². The Morgan fingerprint density at radius 1 is 1.47 bits per heavy atom. The summed E-state index contributed by atoms with van der Waals surface area (Å²) in [4.78, 5) is 2.42. The molecule has 1 aliphatic heterocycles. The van der Waals surface area contributed by atoms with E-state index in [9.17, 15) is 0 Å². The molecule has 2 N–H and O–H groups in total. The fourth-order valence-corrected chi connectivity index (χ4v) is 2.28. The van der Waals surface area contributed by atoms with Gasteiger partial charge in [-0.15, -0.1) is 0 Å². The van der Waals surface area contributed by atoms with Crippen LogP contribution in [-0.4, -0.2) is 43.3 Å². The molecule has 4 nitrogen and oxygen atoms in total. The average molecular weight is 264 g/mol. The fourth-order valence-electron chi connectivity index (χ4n) is 2.28. The molecule has 0 aliphatic carbocycles. The number of nitrogens with zero attached hydrogens (tertiary/aromatic N) is 1. The molecule has 1 aliphatic rings. The molecule has 0 saturated carbocycles. The zero-order chi connectivity index (χ0) is 13.8. The van der Waals surface area contributed by atoms with Crippen molar-refractivity contribution in [2.45, 2.75) is 32.9 Å². The molecule has 1 aromatic carbocycles. The molecule has 0 spiro atoms. The van der Waals surface area contributed by atoms with E-state index >= 15 is 0 Å². The maximum atomic E-state index is 5.87. The minimum absolute atomic E-state index is 0.136. The van der Waals surface area contributed by atoms with Crippen molar-refractivity contribution >= 4 is 5.69 Å². The van der Waals surface area contributed by atoms with Crippen LogP contribution in [0.5, 0.6) is 5.75 Å². The van der Waals surface area contributed by atoms with Gasteiger partial charge in [0.2, 0.25) is 0 Å². The number of nitrogen functional groups attached to an aromatic ring is 1. The number of morpholine rings is 1. The zero-order valence-corrected chi connectivity index (χ0v) is 12.1. The molecular formula is C15H24N2O2. The van der Waals surface area contributed by atoms with Crippen molar-refractivity contribution in [3.05, 3.63) is 23.8 Å². The maximum absolute atomic E-state index is 5.87. The predicted octanol–water partition coefficient (Wildman–Crippen LogP) is 2.07. The molecule has 0 aromatic heterocycles. The number of nitrogens with two attached hydrogens (primary N) is 1. The molecule has 4 heteroatoms. The number of rotatable bonds is 4. The Kier molecular flexibility index (Phi) is 4.66. The molecule has 1 saturated heterocycles. The summed E-state index contributed by atoms with van der Waals surface area (Å²) < 4.78 is 11.6. The first-order valence-corrected chi connectivity index (χ1v) is 6.91. The molecule has 1 fully saturated rings. The van der Waals surface area contributed by atoms with E-state index in [1.807, 2.05) is 25.1 Å². The standard InChI is InChI=1S/C15H24N2O2/c1-11(2)17-7-8-18-13(9-17)10-19-15-6-4-5-14(16)12(15)3/h4-6,11,13H,7-10,16H2,1-3H3. The zero-order valence-electron chi connectivity index (χ0n) is 12.1. The van der Waals surface area contributed by atoms with E-state index in [1.54, 1.807) is 0 Å². The van der Waals surface area contributed by atoms with Crippen LogP contribution in [0.3, 0.4) is 0 Å². The van der Waals surface area contributed by atoms with E-state index in [0.29, 0.717) is 12.6 Å². The summed E-state index contributed by atoms with van der Waals surface area (Å²) in [5.74, 6) is 0.852. The Labute approximate surface area is 115 Å². The first kappa shape index (κ1) is 14.2. The number of ether oxygens (including phenoxy) is 2. The first-order chi connectivity index (χ1) is 9.08. The Balaban J connectivity index is 1.90. The van der Waals surface area contributed by atoms with Gasteiger partial charge < -0.3 is 15.2 Å². The Morgan fingerprint density at radius 3 is 3.00 bits per heavy atom. The van der Waals surface area contributed by atoms with E-state index in [-0.39, 0.29) is 6.10 Å². The van der Waals surface area contributed by atoms with Gasteiger partial charge in [0.1, 0.15) is 18.5 Å². The van der Waals surface area contributed by atoms with Crippen LogP contribution in [0, 0.1) is 6.92 Å². The minimum Gasteiger partial charge on any atom is -0.490 e. The van der Waals surface area contributed by atoms with Crippen LogP contribution in [0.25, 0.3) is 0 Å². The molecule has 0 radical (unpaired) electrons. The summed E-state index contributed by atoms with van der Waals surface area (Å²) >= 11 is 0. The van der Waals surface area contributed by atoms with Crippen molar-refractivity contribution in [1.29, 1.82) is 0 Å². The first-order valence-electron chi connectivity index (χ1n) is 6.91. The van der Waals surface area contributed by atoms with Crippen molar-refractivity contribution in [2.75, 3.05) is 32.0 Å². The van der Waals surface area contributed by atoms with Gasteiger partial charge in [0.25, 0.3) is 0 Å². The third-order valence-electron chi connectivity index (χ3n) is 3.65. The summed E-state index contributed by atoms with van der Waals surface area (Å²) in [6, 6.07) is 6.31. The SMILES string of the molecule is Cc1c(N)cccc1OCC1CN(C(C)C)CCO1. The molecule has 2 rings (SSSR count). The number of anilines is 1. The smallest absolute Gasteiger partial charge is 0.124 e. The molecule has 1 aromatic rings. The Hall–Kier alpha value is -1.26. The largest absolute Gasteiger partial charge is 0.490 e. The van der Waals surface area contributed by atoms with Gasteiger partial charge in [-0.25, -0.2) is 0 Å². The van der Waals surface area contributed by atoms with E-state index in [2.05, 4.69) is 18.7 Å². The predicted molar refractivity (Wildman–Crippen MR) is 77.5 cm³/mol. The third kappa shape index (κ3) is 3.61. The lowest BCUT2D eigenvalue weighted by molar-refractivity contribution is -0.0565. The van der Waals surface area contributed by atoms with Gasteiger partial charge in [-0.05, 0) is 32.9 Å². The highest BCUT2D eigenvalue weighted by molar-refractivity contribution is 5.53. The van der Waals surface area contributed by atoms with Gasteiger partial charge in [-0.2, -0.15) is 0 Å². The lowest BCUT2D eigenvalue weighted by Crippen LogP contribution is -2.47. The number of hydrogen-bond acceptors (Lipinski definition) is 4. The van der Waals surface area contributed by atoms with Crippen LogP contribution in [0.1, 0.15) is 19.4 Å². The van der Waals surface area contributed by atoms with Crippen molar-refractivity contribution in [3.63, 3.8) is 0 Å². The van der Waals surface area contributed by atoms with Gasteiger partial charge in [0, 0.05) is 30.4 Å². The summed E-state index contributed by atoms with van der Waals surface area (Å²) in [5, 5.41) is 0. The quantitative estimate of drug-likeness (QED) is 0.846. The summed E-state index contributed by atoms with van der Waals surface area (Å²) in [6.07, 6.45) is 0.136. The maximum Gasteiger partial charge on any atom is 0.124 e. The lowest BCUT2D eigenvalue weighted by Gasteiger charge is -2.35. The normalized spacial score (nSPS) is 20.7. The van der Waals surface area contributed by atoms with E-state index in [4.69, 9.17) is 15.2 Å². The van der Waals surface area contributed by atoms with Gasteiger partial charge >= 0.3 is 0 Å². The number of hydrogen-bond donors (Lipinski definition) is 1. The second-order valence-electron chi connectivity index (χ2n) is 5.36. The molecule has 0 amide bonds. The topological polar surface area (TPSA) is 47.7 Å². The molecule has 19 heavy (non-hydrogen) atoms. The van der Waals surface area contributed by atoms with Gasteiger partial charge in [0.05, 0.1) is 6.61 Å². The molecule has 1 unspecified atom stereocenters. The van der Waals surface area contributed by atoms with Gasteiger partial charge in [0.15, 0.2) is 0 Å². The van der Waals surface area contributed by atoms with E-state index < -0.39 is 0 Å². The van der Waals surface area contributed by atoms with Crippen molar-refractivity contribution < 1.29 is 9.47 Å². The monoisotopic (exact) mass is 264 g/mol. The summed E-state index contributed by atoms with van der Waals surface area (Å²) in [7, 11) is 0. The molecule has 0 bridgehead atoms. The molecule has 1 heterocycles. The average Bonchev–Trinajstić information content (AvgIpc) is 2.41. The third-order valence-corrected chi connectivity index (χ3v) is 3.65. The number of benzene rings is 1. The highest BCUT2D eigenvalue weighted by atomic mass is 16.5.